The van der Waals surface area contributed by atoms with E-state index in [-0.39, 0.29) is 5.97 Å². The molecule has 3 rings (SSSR count). The number of esters is 1. The third-order valence-corrected chi connectivity index (χ3v) is 4.64. The van der Waals surface area contributed by atoms with E-state index in [9.17, 15) is 4.79 Å². The third kappa shape index (κ3) is 4.75. The second-order valence-corrected chi connectivity index (χ2v) is 11.9. The van der Waals surface area contributed by atoms with Crippen molar-refractivity contribution in [1.29, 1.82) is 0 Å². The lowest BCUT2D eigenvalue weighted by Gasteiger charge is -2.09. The Morgan fingerprint density at radius 1 is 1.00 bits per heavy atom. The largest absolute Gasteiger partial charge is 0.465 e. The number of hydrogen-bond donors (Lipinski definition) is 0. The Balaban J connectivity index is 1.89. The van der Waals surface area contributed by atoms with Crippen LogP contribution >= 0.6 is 0 Å². The van der Waals surface area contributed by atoms with Crippen molar-refractivity contribution >= 4 is 24.9 Å². The molecule has 0 aliphatic rings. The summed E-state index contributed by atoms with van der Waals surface area (Å²) in [7, 11) is -0.0845. The SMILES string of the molecule is COC(=O)c1ccc(Oc2cccc3nc(C#C[Si](C)(C)C)ccc23)cc1. The summed E-state index contributed by atoms with van der Waals surface area (Å²) in [5.41, 5.74) is 5.42. The highest BCUT2D eigenvalue weighted by atomic mass is 28.3. The average Bonchev–Trinajstić information content (AvgIpc) is 2.66. The molecule has 0 atom stereocenters. The van der Waals surface area contributed by atoms with Gasteiger partial charge in [0.25, 0.3) is 0 Å². The van der Waals surface area contributed by atoms with Crippen molar-refractivity contribution in [3.05, 3.63) is 65.9 Å². The number of ether oxygens (including phenoxy) is 2. The monoisotopic (exact) mass is 375 g/mol. The minimum Gasteiger partial charge on any atom is -0.465 e. The summed E-state index contributed by atoms with van der Waals surface area (Å²) >= 11 is 0. The molecule has 0 saturated heterocycles. The highest BCUT2D eigenvalue weighted by molar-refractivity contribution is 6.83. The lowest BCUT2D eigenvalue weighted by molar-refractivity contribution is 0.0600. The van der Waals surface area contributed by atoms with Crippen LogP contribution in [0.15, 0.2) is 54.6 Å². The Labute approximate surface area is 160 Å². The number of nitrogens with zero attached hydrogens (tertiary/aromatic N) is 1. The van der Waals surface area contributed by atoms with Crippen LogP contribution in [0.2, 0.25) is 19.6 Å². The molecule has 0 saturated carbocycles. The molecule has 0 aliphatic carbocycles. The summed E-state index contributed by atoms with van der Waals surface area (Å²) in [6, 6.07) is 16.5. The van der Waals surface area contributed by atoms with E-state index in [1.54, 1.807) is 24.3 Å². The molecule has 2 aromatic carbocycles. The molecule has 0 unspecified atom stereocenters. The normalized spacial score (nSPS) is 10.8. The van der Waals surface area contributed by atoms with Crippen molar-refractivity contribution in [2.24, 2.45) is 0 Å². The van der Waals surface area contributed by atoms with E-state index in [1.807, 2.05) is 30.3 Å². The summed E-state index contributed by atoms with van der Waals surface area (Å²) in [6.45, 7) is 6.62. The van der Waals surface area contributed by atoms with Crippen molar-refractivity contribution in [2.45, 2.75) is 19.6 Å². The molecule has 27 heavy (non-hydrogen) atoms. The summed E-state index contributed by atoms with van der Waals surface area (Å²) in [5, 5.41) is 0.910. The molecule has 0 N–H and O–H groups in total. The van der Waals surface area contributed by atoms with E-state index in [2.05, 4.69) is 36.1 Å². The van der Waals surface area contributed by atoms with Crippen LogP contribution in [0.25, 0.3) is 10.9 Å². The number of benzene rings is 2. The second-order valence-electron chi connectivity index (χ2n) is 7.14. The number of pyridine rings is 1. The standard InChI is InChI=1S/C22H21NO3Si/c1-25-22(24)16-8-11-18(12-9-16)26-21-7-5-6-20-19(21)13-10-17(23-20)14-15-27(2,3)4/h5-13H,1-4H3. The number of rotatable bonds is 3. The van der Waals surface area contributed by atoms with Gasteiger partial charge < -0.3 is 9.47 Å². The fraction of sp³-hybridized carbons (Fsp3) is 0.182. The van der Waals surface area contributed by atoms with E-state index in [0.29, 0.717) is 17.1 Å². The number of methoxy groups -OCH3 is 1. The molecule has 4 nitrogen and oxygen atoms in total. The minimum atomic E-state index is -1.44. The molecule has 0 amide bonds. The highest BCUT2D eigenvalue weighted by Crippen LogP contribution is 2.29. The van der Waals surface area contributed by atoms with E-state index in [0.717, 1.165) is 16.6 Å². The zero-order chi connectivity index (χ0) is 19.4. The first-order valence-corrected chi connectivity index (χ1v) is 12.1. The first-order chi connectivity index (χ1) is 12.9. The molecule has 1 aromatic heterocycles. The predicted molar refractivity (Wildman–Crippen MR) is 110 cm³/mol. The molecule has 0 radical (unpaired) electrons. The van der Waals surface area contributed by atoms with Gasteiger partial charge in [-0.15, -0.1) is 5.54 Å². The van der Waals surface area contributed by atoms with Crippen LogP contribution in [0, 0.1) is 11.5 Å². The van der Waals surface area contributed by atoms with Gasteiger partial charge in [-0.3, -0.25) is 0 Å². The van der Waals surface area contributed by atoms with Gasteiger partial charge in [0.15, 0.2) is 0 Å². The number of carbonyl (C=O) groups is 1. The molecule has 0 spiro atoms. The van der Waals surface area contributed by atoms with Crippen LogP contribution in [-0.2, 0) is 4.74 Å². The molecule has 1 heterocycles. The van der Waals surface area contributed by atoms with Gasteiger partial charge in [0.05, 0.1) is 18.2 Å². The zero-order valence-corrected chi connectivity index (χ0v) is 16.9. The van der Waals surface area contributed by atoms with Crippen molar-refractivity contribution in [3.63, 3.8) is 0 Å². The van der Waals surface area contributed by atoms with Crippen molar-refractivity contribution in [1.82, 2.24) is 4.98 Å². The van der Waals surface area contributed by atoms with Gasteiger partial charge in [0.2, 0.25) is 0 Å². The third-order valence-electron chi connectivity index (χ3n) is 3.76. The van der Waals surface area contributed by atoms with E-state index < -0.39 is 8.07 Å². The Hall–Kier alpha value is -3.10. The average molecular weight is 376 g/mol. The first kappa shape index (κ1) is 18.7. The van der Waals surface area contributed by atoms with Crippen molar-refractivity contribution < 1.29 is 14.3 Å². The van der Waals surface area contributed by atoms with Gasteiger partial charge in [-0.1, -0.05) is 31.6 Å². The predicted octanol–water partition coefficient (Wildman–Crippen LogP) is 5.04. The maximum absolute atomic E-state index is 11.5. The molecule has 136 valence electrons. The van der Waals surface area contributed by atoms with E-state index in [4.69, 9.17) is 9.47 Å². The smallest absolute Gasteiger partial charge is 0.337 e. The second kappa shape index (κ2) is 7.64. The van der Waals surface area contributed by atoms with Gasteiger partial charge in [0, 0.05) is 5.39 Å². The summed E-state index contributed by atoms with van der Waals surface area (Å²) < 4.78 is 10.7. The van der Waals surface area contributed by atoms with Crippen LogP contribution in [0.3, 0.4) is 0 Å². The Morgan fingerprint density at radius 3 is 2.41 bits per heavy atom. The Kier molecular flexibility index (Phi) is 5.29. The molecule has 3 aromatic rings. The number of fused-ring (bicyclic) bond motifs is 1. The van der Waals surface area contributed by atoms with E-state index >= 15 is 0 Å². The summed E-state index contributed by atoms with van der Waals surface area (Å²) in [4.78, 5) is 16.2. The van der Waals surface area contributed by atoms with Crippen LogP contribution in [-0.4, -0.2) is 26.1 Å². The maximum Gasteiger partial charge on any atom is 0.337 e. The molecule has 5 heteroatoms. The Bertz CT molecular complexity index is 1040. The maximum atomic E-state index is 11.5. The van der Waals surface area contributed by atoms with Gasteiger partial charge in [-0.05, 0) is 48.5 Å². The lowest BCUT2D eigenvalue weighted by Crippen LogP contribution is -2.16. The highest BCUT2D eigenvalue weighted by Gasteiger charge is 2.09. The summed E-state index contributed by atoms with van der Waals surface area (Å²) in [6.07, 6.45) is 0. The lowest BCUT2D eigenvalue weighted by atomic mass is 10.2. The summed E-state index contributed by atoms with van der Waals surface area (Å²) in [5.74, 6) is 4.15. The van der Waals surface area contributed by atoms with Crippen LogP contribution in [0.5, 0.6) is 11.5 Å². The number of carbonyl (C=O) groups excluding carboxylic acids is 1. The van der Waals surface area contributed by atoms with Gasteiger partial charge in [0.1, 0.15) is 25.3 Å². The van der Waals surface area contributed by atoms with Gasteiger partial charge in [-0.25, -0.2) is 9.78 Å². The zero-order valence-electron chi connectivity index (χ0n) is 15.9. The molecule has 0 aliphatic heterocycles. The van der Waals surface area contributed by atoms with Crippen LogP contribution in [0.4, 0.5) is 0 Å². The van der Waals surface area contributed by atoms with Gasteiger partial charge in [-0.2, -0.15) is 0 Å². The van der Waals surface area contributed by atoms with Crippen molar-refractivity contribution in [3.8, 4) is 23.0 Å². The number of aromatic nitrogens is 1. The number of hydrogen-bond acceptors (Lipinski definition) is 4. The quantitative estimate of drug-likeness (QED) is 0.365. The van der Waals surface area contributed by atoms with E-state index in [1.165, 1.54) is 7.11 Å². The fourth-order valence-electron chi connectivity index (χ4n) is 2.44. The Morgan fingerprint density at radius 2 is 1.74 bits per heavy atom. The van der Waals surface area contributed by atoms with Gasteiger partial charge >= 0.3 is 5.97 Å². The molecule has 0 fully saturated rings. The first-order valence-electron chi connectivity index (χ1n) is 8.65. The molecule has 0 bridgehead atoms. The van der Waals surface area contributed by atoms with Crippen LogP contribution in [0.1, 0.15) is 16.1 Å². The van der Waals surface area contributed by atoms with Crippen molar-refractivity contribution in [2.75, 3.05) is 7.11 Å². The molecular formula is C22H21NO3Si. The minimum absolute atomic E-state index is 0.372. The molecular weight excluding hydrogens is 354 g/mol. The topological polar surface area (TPSA) is 48.4 Å². The fourth-order valence-corrected chi connectivity index (χ4v) is 2.94. The van der Waals surface area contributed by atoms with Crippen LogP contribution < -0.4 is 4.74 Å².